The fraction of sp³-hybridized carbons (Fsp3) is 0.286. The second kappa shape index (κ2) is 9.88. The van der Waals surface area contributed by atoms with E-state index >= 15 is 0 Å². The third-order valence-electron chi connectivity index (χ3n) is 4.66. The lowest BCUT2D eigenvalue weighted by Gasteiger charge is -2.12. The summed E-state index contributed by atoms with van der Waals surface area (Å²) in [5.41, 5.74) is 5.78. The van der Waals surface area contributed by atoms with Crippen LogP contribution >= 0.6 is 23.1 Å². The molecular formula is C21H21N5O3S2. The summed E-state index contributed by atoms with van der Waals surface area (Å²) in [5, 5.41) is 7.20. The molecule has 0 aliphatic rings. The van der Waals surface area contributed by atoms with Gasteiger partial charge in [-0.15, -0.1) is 11.3 Å². The number of nitrogens with two attached hydrogens (primary N) is 1. The quantitative estimate of drug-likeness (QED) is 0.219. The molecule has 4 aromatic rings. The van der Waals surface area contributed by atoms with Gasteiger partial charge in [0.05, 0.1) is 21.5 Å². The first kappa shape index (κ1) is 21.3. The number of fused-ring (bicyclic) bond motifs is 1. The van der Waals surface area contributed by atoms with E-state index in [1.807, 2.05) is 35.7 Å². The first-order valence-electron chi connectivity index (χ1n) is 9.89. The average molecular weight is 456 g/mol. The third-order valence-corrected chi connectivity index (χ3v) is 6.49. The maximum atomic E-state index is 13.1. The van der Waals surface area contributed by atoms with E-state index in [-0.39, 0.29) is 11.5 Å². The van der Waals surface area contributed by atoms with Crippen molar-refractivity contribution in [2.24, 2.45) is 5.73 Å². The van der Waals surface area contributed by atoms with Crippen LogP contribution in [-0.2, 0) is 17.1 Å². The Morgan fingerprint density at radius 3 is 2.81 bits per heavy atom. The van der Waals surface area contributed by atoms with Gasteiger partial charge in [-0.1, -0.05) is 41.5 Å². The molecule has 0 saturated heterocycles. The van der Waals surface area contributed by atoms with Gasteiger partial charge in [0.15, 0.2) is 11.0 Å². The van der Waals surface area contributed by atoms with Crippen molar-refractivity contribution in [3.8, 4) is 10.8 Å². The summed E-state index contributed by atoms with van der Waals surface area (Å²) in [5.74, 6) is 1.16. The lowest BCUT2D eigenvalue weighted by Crippen LogP contribution is -2.23. The summed E-state index contributed by atoms with van der Waals surface area (Å²) < 4.78 is 7.03. The Labute approximate surface area is 186 Å². The van der Waals surface area contributed by atoms with Gasteiger partial charge in [-0.25, -0.2) is 4.98 Å². The van der Waals surface area contributed by atoms with Gasteiger partial charge in [-0.05, 0) is 36.4 Å². The zero-order valence-electron chi connectivity index (χ0n) is 16.7. The van der Waals surface area contributed by atoms with E-state index in [1.165, 1.54) is 23.1 Å². The summed E-state index contributed by atoms with van der Waals surface area (Å²) in [6.45, 7) is 0.518. The molecule has 0 aliphatic carbocycles. The number of primary amides is 1. The average Bonchev–Trinajstić information content (AvgIpc) is 3.45. The maximum absolute atomic E-state index is 13.1. The zero-order valence-corrected chi connectivity index (χ0v) is 18.3. The van der Waals surface area contributed by atoms with Crippen molar-refractivity contribution < 1.29 is 9.32 Å². The molecule has 10 heteroatoms. The predicted molar refractivity (Wildman–Crippen MR) is 121 cm³/mol. The lowest BCUT2D eigenvalue weighted by atomic mass is 10.2. The molecular weight excluding hydrogens is 434 g/mol. The summed E-state index contributed by atoms with van der Waals surface area (Å²) in [6, 6.07) is 11.2. The van der Waals surface area contributed by atoms with Crippen LogP contribution in [0.3, 0.4) is 0 Å². The van der Waals surface area contributed by atoms with Crippen molar-refractivity contribution >= 4 is 39.9 Å². The van der Waals surface area contributed by atoms with Gasteiger partial charge in [0.1, 0.15) is 0 Å². The highest BCUT2D eigenvalue weighted by Crippen LogP contribution is 2.25. The number of rotatable bonds is 10. The van der Waals surface area contributed by atoms with Crippen molar-refractivity contribution in [3.05, 3.63) is 58.0 Å². The minimum Gasteiger partial charge on any atom is -0.370 e. The van der Waals surface area contributed by atoms with Crippen molar-refractivity contribution in [3.63, 3.8) is 0 Å². The number of hydrogen-bond acceptors (Lipinski definition) is 8. The monoisotopic (exact) mass is 455 g/mol. The van der Waals surface area contributed by atoms with Crippen LogP contribution in [0.4, 0.5) is 0 Å². The molecule has 2 N–H and O–H groups in total. The highest BCUT2D eigenvalue weighted by molar-refractivity contribution is 7.98. The Morgan fingerprint density at radius 2 is 2.00 bits per heavy atom. The molecule has 0 aliphatic heterocycles. The normalized spacial score (nSPS) is 11.2. The van der Waals surface area contributed by atoms with Gasteiger partial charge in [-0.3, -0.25) is 14.2 Å². The SMILES string of the molecule is NC(=O)CCCCCn1c(SCc2noc(-c3cccs3)n2)nc2ccccc2c1=O. The van der Waals surface area contributed by atoms with Crippen molar-refractivity contribution in [2.45, 2.75) is 43.1 Å². The molecule has 1 aromatic carbocycles. The van der Waals surface area contributed by atoms with Crippen LogP contribution in [0, 0.1) is 0 Å². The highest BCUT2D eigenvalue weighted by Gasteiger charge is 2.14. The molecule has 0 spiro atoms. The smallest absolute Gasteiger partial charge is 0.268 e. The van der Waals surface area contributed by atoms with Crippen LogP contribution < -0.4 is 11.3 Å². The first-order chi connectivity index (χ1) is 15.1. The molecule has 0 atom stereocenters. The van der Waals surface area contributed by atoms with Gasteiger partial charge in [0.2, 0.25) is 5.91 Å². The first-order valence-corrected chi connectivity index (χ1v) is 11.8. The Balaban J connectivity index is 1.52. The van der Waals surface area contributed by atoms with Gasteiger partial charge in [0.25, 0.3) is 11.4 Å². The molecule has 31 heavy (non-hydrogen) atoms. The minimum absolute atomic E-state index is 0.0737. The van der Waals surface area contributed by atoms with E-state index < -0.39 is 0 Å². The number of unbranched alkanes of at least 4 members (excludes halogenated alkanes) is 2. The number of hydrogen-bond donors (Lipinski definition) is 1. The second-order valence-electron chi connectivity index (χ2n) is 6.93. The van der Waals surface area contributed by atoms with Crippen LogP contribution in [0.5, 0.6) is 0 Å². The standard InChI is InChI=1S/C21H21N5O3S2/c22-17(27)10-2-1-5-11-26-20(28)14-7-3-4-8-15(14)23-21(26)31-13-18-24-19(29-25-18)16-9-6-12-30-16/h3-4,6-9,12H,1-2,5,10-11,13H2,(H2,22,27). The largest absolute Gasteiger partial charge is 0.370 e. The van der Waals surface area contributed by atoms with Gasteiger partial charge < -0.3 is 10.3 Å². The number of amides is 1. The molecule has 160 valence electrons. The maximum Gasteiger partial charge on any atom is 0.268 e. The fourth-order valence-electron chi connectivity index (χ4n) is 3.14. The Hall–Kier alpha value is -2.98. The number of para-hydroxylation sites is 1. The van der Waals surface area contributed by atoms with Crippen molar-refractivity contribution in [2.75, 3.05) is 0 Å². The Morgan fingerprint density at radius 1 is 1.13 bits per heavy atom. The van der Waals surface area contributed by atoms with Crippen LogP contribution in [-0.4, -0.2) is 25.6 Å². The van der Waals surface area contributed by atoms with Gasteiger partial charge in [-0.2, -0.15) is 4.98 Å². The van der Waals surface area contributed by atoms with Crippen LogP contribution in [0.25, 0.3) is 21.7 Å². The Kier molecular flexibility index (Phi) is 6.78. The van der Waals surface area contributed by atoms with E-state index in [9.17, 15) is 9.59 Å². The molecule has 0 radical (unpaired) electrons. The molecule has 3 aromatic heterocycles. The summed E-state index contributed by atoms with van der Waals surface area (Å²) >= 11 is 2.94. The summed E-state index contributed by atoms with van der Waals surface area (Å²) in [6.07, 6.45) is 2.63. The summed E-state index contributed by atoms with van der Waals surface area (Å²) in [4.78, 5) is 34.1. The molecule has 0 saturated carbocycles. The molecule has 0 fully saturated rings. The molecule has 0 unspecified atom stereocenters. The van der Waals surface area contributed by atoms with Crippen LogP contribution in [0.2, 0.25) is 0 Å². The minimum atomic E-state index is -0.303. The van der Waals surface area contributed by atoms with E-state index in [1.54, 1.807) is 10.6 Å². The number of carbonyl (C=O) groups excluding carboxylic acids is 1. The zero-order chi connectivity index (χ0) is 21.6. The summed E-state index contributed by atoms with van der Waals surface area (Å²) in [7, 11) is 0. The van der Waals surface area contributed by atoms with Crippen LogP contribution in [0.15, 0.2) is 56.3 Å². The molecule has 0 bridgehead atoms. The second-order valence-corrected chi connectivity index (χ2v) is 8.82. The van der Waals surface area contributed by atoms with Crippen LogP contribution in [0.1, 0.15) is 31.5 Å². The van der Waals surface area contributed by atoms with E-state index in [2.05, 4.69) is 10.1 Å². The van der Waals surface area contributed by atoms with E-state index in [4.69, 9.17) is 15.2 Å². The van der Waals surface area contributed by atoms with Gasteiger partial charge in [0, 0.05) is 13.0 Å². The molecule has 4 rings (SSSR count). The topological polar surface area (TPSA) is 117 Å². The van der Waals surface area contributed by atoms with E-state index in [0.717, 1.165) is 17.7 Å². The van der Waals surface area contributed by atoms with Crippen molar-refractivity contribution in [1.82, 2.24) is 19.7 Å². The highest BCUT2D eigenvalue weighted by atomic mass is 32.2. The third kappa shape index (κ3) is 5.20. The molecule has 8 nitrogen and oxygen atoms in total. The van der Waals surface area contributed by atoms with Crippen molar-refractivity contribution in [1.29, 1.82) is 0 Å². The Bertz CT molecular complexity index is 1230. The van der Waals surface area contributed by atoms with Gasteiger partial charge >= 0.3 is 0 Å². The fourth-order valence-corrected chi connectivity index (χ4v) is 4.66. The number of aromatic nitrogens is 4. The lowest BCUT2D eigenvalue weighted by molar-refractivity contribution is -0.118. The molecule has 1 amide bonds. The van der Waals surface area contributed by atoms with E-state index in [0.29, 0.717) is 52.9 Å². The number of carbonyl (C=O) groups is 1. The number of benzene rings is 1. The number of thioether (sulfide) groups is 1. The number of nitrogens with zero attached hydrogens (tertiary/aromatic N) is 4. The number of thiophene rings is 1. The molecule has 3 heterocycles. The predicted octanol–water partition coefficient (Wildman–Crippen LogP) is 3.85.